The molecule has 3 heteroatoms. The van der Waals surface area contributed by atoms with Crippen LogP contribution >= 0.6 is 11.6 Å². The van der Waals surface area contributed by atoms with Gasteiger partial charge in [0.25, 0.3) is 0 Å². The van der Waals surface area contributed by atoms with Crippen molar-refractivity contribution in [2.75, 3.05) is 20.5 Å². The Hall–Kier alpha value is 0.467. The van der Waals surface area contributed by atoms with Gasteiger partial charge in [0.15, 0.2) is 0 Å². The largest absolute Gasteiger partial charge is 0.337 e. The van der Waals surface area contributed by atoms with Crippen molar-refractivity contribution in [3.05, 3.63) is 0 Å². The smallest absolute Gasteiger partial charge is 0.0777 e. The predicted molar refractivity (Wildman–Crippen MR) is 35.4 cm³/mol. The van der Waals surface area contributed by atoms with E-state index in [4.69, 9.17) is 0 Å². The van der Waals surface area contributed by atoms with Gasteiger partial charge >= 0.3 is 0 Å². The quantitative estimate of drug-likeness (QED) is 0.317. The van der Waals surface area contributed by atoms with Crippen molar-refractivity contribution in [3.8, 4) is 0 Å². The molecular weight excluding hydrogens is 114 g/mol. The molecule has 0 radical (unpaired) electrons. The summed E-state index contributed by atoms with van der Waals surface area (Å²) < 4.78 is 2.14. The highest BCUT2D eigenvalue weighted by Crippen LogP contribution is 1.44. The van der Waals surface area contributed by atoms with Crippen LogP contribution in [0.15, 0.2) is 0 Å². The molecule has 0 aliphatic rings. The first-order chi connectivity index (χ1) is 2.73. The first-order valence-electron chi connectivity index (χ1n) is 1.72. The summed E-state index contributed by atoms with van der Waals surface area (Å²) in [5, 5.41) is 0. The summed E-state index contributed by atoms with van der Waals surface area (Å²) in [5.41, 5.74) is 0. The number of hydrogen-bond donors (Lipinski definition) is 0. The van der Waals surface area contributed by atoms with Crippen LogP contribution in [-0.4, -0.2) is 35.4 Å². The van der Waals surface area contributed by atoms with Crippen molar-refractivity contribution >= 4 is 22.0 Å². The topological polar surface area (TPSA) is 3.24 Å². The predicted octanol–water partition coefficient (Wildman–Crippen LogP) is -0.317. The Bertz CT molecular complexity index is 15.5. The number of rotatable bonds is 0. The fourth-order valence-electron chi connectivity index (χ4n) is 0. The molecule has 0 saturated carbocycles. The van der Waals surface area contributed by atoms with E-state index in [9.17, 15) is 0 Å². The number of hydrogen-bond acceptors (Lipinski definition) is 1. The molecule has 0 N–H and O–H groups in total. The number of halogens is 1. The van der Waals surface area contributed by atoms with Crippen LogP contribution in [0.25, 0.3) is 0 Å². The summed E-state index contributed by atoms with van der Waals surface area (Å²) in [4.78, 5) is 0. The van der Waals surface area contributed by atoms with E-state index in [0.29, 0.717) is 0 Å². The molecule has 0 saturated heterocycles. The van der Waals surface area contributed by atoms with Gasteiger partial charge in [-0.05, 0) is 14.1 Å². The van der Waals surface area contributed by atoms with E-state index in [2.05, 4.69) is 30.3 Å². The lowest BCUT2D eigenvalue weighted by molar-refractivity contribution is 0.679. The Morgan fingerprint density at radius 3 is 1.33 bits per heavy atom. The molecule has 0 aromatic heterocycles. The van der Waals surface area contributed by atoms with Crippen LogP contribution in [0.5, 0.6) is 0 Å². The molecule has 0 fully saturated rings. The standard InChI is InChI=1S/C2H9NSi.CH3Cl/c1-3(2)4;1-2/h1-2,4H3;1H3. The number of nitrogens with zero attached hydrogens (tertiary/aromatic N) is 1. The molecule has 0 atom stereocenters. The van der Waals surface area contributed by atoms with Crippen molar-refractivity contribution < 1.29 is 0 Å². The summed E-state index contributed by atoms with van der Waals surface area (Å²) >= 11 is 4.64. The molecule has 0 spiro atoms. The van der Waals surface area contributed by atoms with Gasteiger partial charge in [-0.2, -0.15) is 0 Å². The average Bonchev–Trinajstić information content (AvgIpc) is 1.41. The molecule has 0 rings (SSSR count). The maximum atomic E-state index is 4.64. The lowest BCUT2D eigenvalue weighted by Crippen LogP contribution is -2.02. The molecule has 1 nitrogen and oxygen atoms in total. The molecule has 6 heavy (non-hydrogen) atoms. The van der Waals surface area contributed by atoms with Crippen LogP contribution in [0.3, 0.4) is 0 Å². The number of alkyl halides is 1. The molecule has 0 amide bonds. The first kappa shape index (κ1) is 9.69. The molecule has 0 bridgehead atoms. The van der Waals surface area contributed by atoms with E-state index in [0.717, 1.165) is 0 Å². The fraction of sp³-hybridized carbons (Fsp3) is 1.00. The van der Waals surface area contributed by atoms with E-state index in [1.165, 1.54) is 16.8 Å². The third-order valence-corrected chi connectivity index (χ3v) is 0. The van der Waals surface area contributed by atoms with E-state index in [-0.39, 0.29) is 0 Å². The molecule has 0 heterocycles. The minimum atomic E-state index is 1.18. The molecule has 0 unspecified atom stereocenters. The monoisotopic (exact) mass is 125 g/mol. The van der Waals surface area contributed by atoms with Gasteiger partial charge in [-0.1, -0.05) is 0 Å². The van der Waals surface area contributed by atoms with E-state index in [1.807, 2.05) is 0 Å². The van der Waals surface area contributed by atoms with Crippen LogP contribution in [0.2, 0.25) is 0 Å². The zero-order valence-corrected chi connectivity index (χ0v) is 7.58. The second-order valence-corrected chi connectivity index (χ2v) is 3.13. The van der Waals surface area contributed by atoms with E-state index >= 15 is 0 Å². The third-order valence-electron chi connectivity index (χ3n) is 0. The zero-order valence-electron chi connectivity index (χ0n) is 4.83. The lowest BCUT2D eigenvalue weighted by Gasteiger charge is -1.90. The van der Waals surface area contributed by atoms with Crippen LogP contribution in [0, 0.1) is 0 Å². The minimum Gasteiger partial charge on any atom is -0.337 e. The highest BCUT2D eigenvalue weighted by atomic mass is 35.5. The molecule has 0 aromatic carbocycles. The Labute approximate surface area is 47.8 Å². The molecule has 0 aliphatic carbocycles. The normalized spacial score (nSPS) is 7.50. The SMILES string of the molecule is CCl.CN(C)[SiH3]. The zero-order chi connectivity index (χ0) is 5.58. The molecular formula is C3H12ClNSi. The maximum Gasteiger partial charge on any atom is 0.0777 e. The van der Waals surface area contributed by atoms with Crippen LogP contribution in [0.4, 0.5) is 0 Å². The highest BCUT2D eigenvalue weighted by molar-refractivity contribution is 6.15. The Kier molecular flexibility index (Phi) is 14.7. The Morgan fingerprint density at radius 2 is 1.33 bits per heavy atom. The van der Waals surface area contributed by atoms with Gasteiger partial charge in [-0.15, -0.1) is 11.6 Å². The van der Waals surface area contributed by atoms with Gasteiger partial charge in [-0.25, -0.2) is 0 Å². The van der Waals surface area contributed by atoms with Crippen LogP contribution in [-0.2, 0) is 0 Å². The van der Waals surface area contributed by atoms with E-state index < -0.39 is 0 Å². The first-order valence-corrected chi connectivity index (χ1v) is 3.37. The van der Waals surface area contributed by atoms with Gasteiger partial charge in [0, 0.05) is 6.38 Å². The van der Waals surface area contributed by atoms with Crippen molar-refractivity contribution in [2.45, 2.75) is 0 Å². The molecule has 0 aliphatic heterocycles. The fourth-order valence-corrected chi connectivity index (χ4v) is 0. The summed E-state index contributed by atoms with van der Waals surface area (Å²) in [5.74, 6) is 0. The summed E-state index contributed by atoms with van der Waals surface area (Å²) in [6, 6.07) is 0. The summed E-state index contributed by atoms with van der Waals surface area (Å²) in [6.07, 6.45) is 1.47. The van der Waals surface area contributed by atoms with Gasteiger partial charge in [-0.3, -0.25) is 0 Å². The molecule has 0 aromatic rings. The van der Waals surface area contributed by atoms with E-state index in [1.54, 1.807) is 0 Å². The molecule has 40 valence electrons. The highest BCUT2D eigenvalue weighted by Gasteiger charge is 1.58. The van der Waals surface area contributed by atoms with Gasteiger partial charge in [0.1, 0.15) is 0 Å². The van der Waals surface area contributed by atoms with Gasteiger partial charge in [0.2, 0.25) is 0 Å². The Morgan fingerprint density at radius 1 is 1.33 bits per heavy atom. The second-order valence-electron chi connectivity index (χ2n) is 1.34. The van der Waals surface area contributed by atoms with Crippen molar-refractivity contribution in [1.82, 2.24) is 4.57 Å². The van der Waals surface area contributed by atoms with Crippen molar-refractivity contribution in [3.63, 3.8) is 0 Å². The summed E-state index contributed by atoms with van der Waals surface area (Å²) in [7, 11) is 5.31. The van der Waals surface area contributed by atoms with Gasteiger partial charge < -0.3 is 4.57 Å². The minimum absolute atomic E-state index is 1.18. The third kappa shape index (κ3) is 246. The lowest BCUT2D eigenvalue weighted by atomic mass is 11.3. The van der Waals surface area contributed by atoms with Crippen LogP contribution in [0.1, 0.15) is 0 Å². The Balaban J connectivity index is 0. The van der Waals surface area contributed by atoms with Crippen LogP contribution < -0.4 is 0 Å². The van der Waals surface area contributed by atoms with Gasteiger partial charge in [0.05, 0.1) is 10.4 Å². The summed E-state index contributed by atoms with van der Waals surface area (Å²) in [6.45, 7) is 0. The average molecular weight is 126 g/mol. The van der Waals surface area contributed by atoms with Crippen molar-refractivity contribution in [2.24, 2.45) is 0 Å². The maximum absolute atomic E-state index is 4.64. The van der Waals surface area contributed by atoms with Crippen molar-refractivity contribution in [1.29, 1.82) is 0 Å². The second kappa shape index (κ2) is 9.08.